The number of fused-ring (bicyclic) bond motifs is 1. The molecule has 6 nitrogen and oxygen atoms in total. The Balaban J connectivity index is 1.62. The summed E-state index contributed by atoms with van der Waals surface area (Å²) in [6.45, 7) is 0.568. The summed E-state index contributed by atoms with van der Waals surface area (Å²) in [5.74, 6) is 0.640. The van der Waals surface area contributed by atoms with E-state index in [-0.39, 0.29) is 18.1 Å². The van der Waals surface area contributed by atoms with Gasteiger partial charge in [-0.15, -0.1) is 0 Å². The third kappa shape index (κ3) is 3.71. The second-order valence-electron chi connectivity index (χ2n) is 5.95. The second-order valence-corrected chi connectivity index (χ2v) is 6.76. The minimum absolute atomic E-state index is 0.00881. The molecule has 2 heterocycles. The topological polar surface area (TPSA) is 67.4 Å². The van der Waals surface area contributed by atoms with Crippen LogP contribution in [-0.4, -0.2) is 53.6 Å². The lowest BCUT2D eigenvalue weighted by Gasteiger charge is -2.17. The first-order valence-corrected chi connectivity index (χ1v) is 8.42. The van der Waals surface area contributed by atoms with Crippen LogP contribution in [0.25, 0.3) is 11.0 Å². The van der Waals surface area contributed by atoms with E-state index in [0.29, 0.717) is 33.4 Å². The van der Waals surface area contributed by atoms with Gasteiger partial charge in [0.25, 0.3) is 5.91 Å². The van der Waals surface area contributed by atoms with Gasteiger partial charge >= 0.3 is 0 Å². The van der Waals surface area contributed by atoms with Crippen molar-refractivity contribution in [1.82, 2.24) is 14.9 Å². The molecule has 1 aliphatic rings. The molecule has 0 bridgehead atoms. The lowest BCUT2D eigenvalue weighted by atomic mass is 10.2. The van der Waals surface area contributed by atoms with Crippen molar-refractivity contribution < 1.29 is 9.53 Å². The number of benzene rings is 1. The highest BCUT2D eigenvalue weighted by Crippen LogP contribution is 2.26. The fourth-order valence-electron chi connectivity index (χ4n) is 2.64. The van der Waals surface area contributed by atoms with Crippen LogP contribution in [0.3, 0.4) is 0 Å². The summed E-state index contributed by atoms with van der Waals surface area (Å²) in [7, 11) is 3.47. The van der Waals surface area contributed by atoms with Gasteiger partial charge in [0.2, 0.25) is 0 Å². The van der Waals surface area contributed by atoms with Crippen LogP contribution in [0.15, 0.2) is 18.3 Å². The maximum Gasteiger partial charge on any atom is 0.251 e. The molecule has 1 aromatic heterocycles. The Bertz CT molecular complexity index is 769. The van der Waals surface area contributed by atoms with Crippen LogP contribution in [0.2, 0.25) is 10.0 Å². The fourth-order valence-corrected chi connectivity index (χ4v) is 2.95. The highest BCUT2D eigenvalue weighted by molar-refractivity contribution is 6.42. The third-order valence-corrected chi connectivity index (χ3v) is 4.64. The lowest BCUT2D eigenvalue weighted by Crippen LogP contribution is -2.34. The van der Waals surface area contributed by atoms with E-state index in [2.05, 4.69) is 15.3 Å². The number of anilines is 1. The number of rotatable bonds is 4. The first kappa shape index (κ1) is 17.2. The standard InChI is InChI=1S/C16H18Cl2N4O2/c1-22(2)16(23)14-4-3-9(24-14)7-20-15-8-19-12-5-10(17)11(18)6-13(12)21-15/h5-6,8-9,14H,3-4,7H2,1-2H3,(H,20,21). The van der Waals surface area contributed by atoms with Gasteiger partial charge in [-0.25, -0.2) is 4.98 Å². The summed E-state index contributed by atoms with van der Waals surface area (Å²) < 4.78 is 5.79. The number of aromatic nitrogens is 2. The Morgan fingerprint density at radius 2 is 2.00 bits per heavy atom. The zero-order chi connectivity index (χ0) is 17.3. The molecule has 1 saturated heterocycles. The lowest BCUT2D eigenvalue weighted by molar-refractivity contribution is -0.140. The molecule has 0 aliphatic carbocycles. The average molecular weight is 369 g/mol. The molecule has 3 rings (SSSR count). The quantitative estimate of drug-likeness (QED) is 0.898. The SMILES string of the molecule is CN(C)C(=O)C1CCC(CNc2cnc3cc(Cl)c(Cl)cc3n2)O1. The first-order valence-electron chi connectivity index (χ1n) is 7.66. The van der Waals surface area contributed by atoms with E-state index >= 15 is 0 Å². The van der Waals surface area contributed by atoms with Gasteiger partial charge in [-0.2, -0.15) is 0 Å². The molecule has 1 N–H and O–H groups in total. The Morgan fingerprint density at radius 1 is 1.29 bits per heavy atom. The number of halogens is 2. The van der Waals surface area contributed by atoms with Crippen molar-refractivity contribution in [2.75, 3.05) is 26.0 Å². The van der Waals surface area contributed by atoms with E-state index in [1.807, 2.05) is 0 Å². The Kier molecular flexibility index (Phi) is 5.08. The minimum atomic E-state index is -0.351. The molecule has 0 saturated carbocycles. The van der Waals surface area contributed by atoms with E-state index in [1.54, 1.807) is 37.3 Å². The Hall–Kier alpha value is -1.63. The molecule has 1 aromatic carbocycles. The zero-order valence-corrected chi connectivity index (χ0v) is 14.9. The van der Waals surface area contributed by atoms with Gasteiger partial charge in [-0.1, -0.05) is 23.2 Å². The van der Waals surface area contributed by atoms with Crippen molar-refractivity contribution in [1.29, 1.82) is 0 Å². The van der Waals surface area contributed by atoms with E-state index in [9.17, 15) is 4.79 Å². The molecule has 1 fully saturated rings. The molecule has 0 spiro atoms. The number of nitrogens with one attached hydrogen (secondary N) is 1. The number of hydrogen-bond acceptors (Lipinski definition) is 5. The third-order valence-electron chi connectivity index (χ3n) is 3.92. The van der Waals surface area contributed by atoms with Crippen LogP contribution in [0.4, 0.5) is 5.82 Å². The largest absolute Gasteiger partial charge is 0.366 e. The summed E-state index contributed by atoms with van der Waals surface area (Å²) >= 11 is 12.0. The monoisotopic (exact) mass is 368 g/mol. The number of ether oxygens (including phenoxy) is 1. The van der Waals surface area contributed by atoms with Crippen molar-refractivity contribution in [2.45, 2.75) is 25.0 Å². The molecule has 2 aromatic rings. The van der Waals surface area contributed by atoms with Crippen molar-refractivity contribution in [3.8, 4) is 0 Å². The fraction of sp³-hybridized carbons (Fsp3) is 0.438. The van der Waals surface area contributed by atoms with E-state index in [1.165, 1.54) is 0 Å². The van der Waals surface area contributed by atoms with Gasteiger partial charge in [0.15, 0.2) is 0 Å². The molecule has 128 valence electrons. The summed E-state index contributed by atoms with van der Waals surface area (Å²) in [6, 6.07) is 3.38. The predicted octanol–water partition coefficient (Wildman–Crippen LogP) is 2.98. The van der Waals surface area contributed by atoms with Gasteiger partial charge in [0.1, 0.15) is 11.9 Å². The van der Waals surface area contributed by atoms with Crippen molar-refractivity contribution in [3.63, 3.8) is 0 Å². The number of hydrogen-bond donors (Lipinski definition) is 1. The van der Waals surface area contributed by atoms with Crippen molar-refractivity contribution in [2.24, 2.45) is 0 Å². The normalized spacial score (nSPS) is 20.3. The van der Waals surface area contributed by atoms with Crippen LogP contribution in [0.5, 0.6) is 0 Å². The maximum atomic E-state index is 11.9. The summed E-state index contributed by atoms with van der Waals surface area (Å²) in [5, 5.41) is 4.10. The first-order chi connectivity index (χ1) is 11.4. The van der Waals surface area contributed by atoms with Gasteiger partial charge in [0, 0.05) is 20.6 Å². The van der Waals surface area contributed by atoms with E-state index < -0.39 is 0 Å². The highest BCUT2D eigenvalue weighted by atomic mass is 35.5. The highest BCUT2D eigenvalue weighted by Gasteiger charge is 2.31. The van der Waals surface area contributed by atoms with Crippen LogP contribution in [-0.2, 0) is 9.53 Å². The smallest absolute Gasteiger partial charge is 0.251 e. The Morgan fingerprint density at radius 3 is 2.71 bits per heavy atom. The van der Waals surface area contributed by atoms with Crippen LogP contribution < -0.4 is 5.32 Å². The van der Waals surface area contributed by atoms with Crippen LogP contribution in [0, 0.1) is 0 Å². The molecule has 1 aliphatic heterocycles. The van der Waals surface area contributed by atoms with Gasteiger partial charge in [-0.3, -0.25) is 9.78 Å². The molecule has 24 heavy (non-hydrogen) atoms. The van der Waals surface area contributed by atoms with Gasteiger partial charge < -0.3 is 15.0 Å². The van der Waals surface area contributed by atoms with Crippen LogP contribution >= 0.6 is 23.2 Å². The number of amides is 1. The van der Waals surface area contributed by atoms with Crippen molar-refractivity contribution >= 4 is 46.0 Å². The van der Waals surface area contributed by atoms with Crippen molar-refractivity contribution in [3.05, 3.63) is 28.4 Å². The second kappa shape index (κ2) is 7.09. The number of carbonyl (C=O) groups excluding carboxylic acids is 1. The molecule has 2 unspecified atom stereocenters. The number of nitrogens with zero attached hydrogens (tertiary/aromatic N) is 3. The Labute approximate surface area is 150 Å². The van der Waals surface area contributed by atoms with E-state index in [4.69, 9.17) is 27.9 Å². The molecular weight excluding hydrogens is 351 g/mol. The number of carbonyl (C=O) groups is 1. The molecule has 1 amide bonds. The minimum Gasteiger partial charge on any atom is -0.366 e. The number of likely N-dealkylation sites (N-methyl/N-ethyl adjacent to an activating group) is 1. The summed E-state index contributed by atoms with van der Waals surface area (Å²) in [5.41, 5.74) is 1.35. The summed E-state index contributed by atoms with van der Waals surface area (Å²) in [4.78, 5) is 22.3. The zero-order valence-electron chi connectivity index (χ0n) is 13.4. The molecular formula is C16H18Cl2N4O2. The molecule has 0 radical (unpaired) electrons. The van der Waals surface area contributed by atoms with Gasteiger partial charge in [0.05, 0.1) is 33.4 Å². The average Bonchev–Trinajstić information content (AvgIpc) is 3.02. The molecule has 2 atom stereocenters. The van der Waals surface area contributed by atoms with Gasteiger partial charge in [-0.05, 0) is 25.0 Å². The predicted molar refractivity (Wildman–Crippen MR) is 94.6 cm³/mol. The molecule has 8 heteroatoms. The maximum absolute atomic E-state index is 11.9. The van der Waals surface area contributed by atoms with E-state index in [0.717, 1.165) is 12.8 Å². The summed E-state index contributed by atoms with van der Waals surface area (Å²) in [6.07, 6.45) is 2.84. The van der Waals surface area contributed by atoms with Crippen LogP contribution in [0.1, 0.15) is 12.8 Å².